The monoisotopic (exact) mass is 382 g/mol. The Balaban J connectivity index is 1.96. The molecule has 1 amide bonds. The summed E-state index contributed by atoms with van der Waals surface area (Å²) in [7, 11) is 0. The zero-order valence-electron chi connectivity index (χ0n) is 16.4. The minimum Gasteiger partial charge on any atom is -0.380 e. The first-order valence-corrected chi connectivity index (χ1v) is 10.1. The summed E-state index contributed by atoms with van der Waals surface area (Å²) in [5, 5.41) is 0. The van der Waals surface area contributed by atoms with Crippen molar-refractivity contribution < 1.29 is 9.53 Å². The summed E-state index contributed by atoms with van der Waals surface area (Å²) in [4.78, 5) is 17.9. The van der Waals surface area contributed by atoms with Gasteiger partial charge in [-0.2, -0.15) is 4.99 Å². The third kappa shape index (κ3) is 4.54. The fraction of sp³-hybridized carbons (Fsp3) is 0.364. The van der Waals surface area contributed by atoms with Crippen LogP contribution >= 0.6 is 11.3 Å². The van der Waals surface area contributed by atoms with E-state index in [0.717, 1.165) is 10.2 Å². The highest BCUT2D eigenvalue weighted by atomic mass is 32.1. The molecule has 3 rings (SSSR count). The van der Waals surface area contributed by atoms with Crippen LogP contribution in [0.15, 0.2) is 53.5 Å². The molecule has 142 valence electrons. The molecule has 0 aliphatic rings. The van der Waals surface area contributed by atoms with Crippen LogP contribution in [0.5, 0.6) is 0 Å². The van der Waals surface area contributed by atoms with Gasteiger partial charge in [-0.25, -0.2) is 0 Å². The summed E-state index contributed by atoms with van der Waals surface area (Å²) in [6, 6.07) is 15.9. The summed E-state index contributed by atoms with van der Waals surface area (Å²) >= 11 is 1.53. The SMILES string of the molecule is CCOCCn1c(=NC(=O)c2ccc(C(C)(C)C)cc2)sc2ccccc21. The molecule has 0 N–H and O–H groups in total. The van der Waals surface area contributed by atoms with Crippen LogP contribution in [0.25, 0.3) is 10.2 Å². The summed E-state index contributed by atoms with van der Waals surface area (Å²) in [6.07, 6.45) is 0. The van der Waals surface area contributed by atoms with Crippen molar-refractivity contribution in [1.29, 1.82) is 0 Å². The van der Waals surface area contributed by atoms with Crippen LogP contribution in [0.1, 0.15) is 43.6 Å². The normalized spacial score (nSPS) is 12.7. The number of thiazole rings is 1. The third-order valence-corrected chi connectivity index (χ3v) is 5.51. The zero-order valence-corrected chi connectivity index (χ0v) is 17.2. The van der Waals surface area contributed by atoms with E-state index in [1.165, 1.54) is 16.9 Å². The molecule has 0 unspecified atom stereocenters. The summed E-state index contributed by atoms with van der Waals surface area (Å²) < 4.78 is 8.68. The molecule has 0 fully saturated rings. The summed E-state index contributed by atoms with van der Waals surface area (Å²) in [5.74, 6) is -0.216. The predicted octanol–water partition coefficient (Wildman–Crippen LogP) is 4.78. The van der Waals surface area contributed by atoms with Gasteiger partial charge in [0.1, 0.15) is 0 Å². The standard InChI is InChI=1S/C22H26N2O2S/c1-5-26-15-14-24-18-8-6-7-9-19(18)27-21(24)23-20(25)16-10-12-17(13-11-16)22(2,3)4/h6-13H,5,14-15H2,1-4H3. The van der Waals surface area contributed by atoms with Gasteiger partial charge in [0, 0.05) is 18.7 Å². The molecule has 0 saturated carbocycles. The number of amides is 1. The molecule has 2 aromatic carbocycles. The maximum Gasteiger partial charge on any atom is 0.279 e. The summed E-state index contributed by atoms with van der Waals surface area (Å²) in [6.45, 7) is 10.4. The molecule has 5 heteroatoms. The van der Waals surface area contributed by atoms with E-state index in [1.807, 2.05) is 43.3 Å². The van der Waals surface area contributed by atoms with E-state index in [0.29, 0.717) is 30.1 Å². The van der Waals surface area contributed by atoms with Crippen molar-refractivity contribution in [3.05, 3.63) is 64.5 Å². The molecule has 3 aromatic rings. The maximum atomic E-state index is 12.7. The van der Waals surface area contributed by atoms with Gasteiger partial charge in [0.15, 0.2) is 4.80 Å². The Kier molecular flexibility index (Phi) is 5.92. The Morgan fingerprint density at radius 2 is 1.81 bits per heavy atom. The van der Waals surface area contributed by atoms with Gasteiger partial charge in [-0.1, -0.05) is 56.4 Å². The highest BCUT2D eigenvalue weighted by Gasteiger charge is 2.14. The molecule has 0 saturated heterocycles. The first kappa shape index (κ1) is 19.5. The lowest BCUT2D eigenvalue weighted by atomic mass is 9.87. The number of hydrogen-bond acceptors (Lipinski definition) is 3. The van der Waals surface area contributed by atoms with Gasteiger partial charge in [-0.3, -0.25) is 4.79 Å². The average molecular weight is 383 g/mol. The van der Waals surface area contributed by atoms with Crippen LogP contribution < -0.4 is 4.80 Å². The van der Waals surface area contributed by atoms with Gasteiger partial charge in [-0.15, -0.1) is 0 Å². The van der Waals surface area contributed by atoms with Crippen LogP contribution in [0.3, 0.4) is 0 Å². The maximum absolute atomic E-state index is 12.7. The van der Waals surface area contributed by atoms with Gasteiger partial charge in [-0.05, 0) is 42.2 Å². The van der Waals surface area contributed by atoms with Crippen molar-refractivity contribution in [1.82, 2.24) is 4.57 Å². The molecule has 0 bridgehead atoms. The lowest BCUT2D eigenvalue weighted by Gasteiger charge is -2.18. The van der Waals surface area contributed by atoms with Gasteiger partial charge in [0.05, 0.1) is 16.8 Å². The number of ether oxygens (including phenoxy) is 1. The first-order chi connectivity index (χ1) is 12.9. The fourth-order valence-electron chi connectivity index (χ4n) is 2.89. The Bertz CT molecular complexity index is 992. The fourth-order valence-corrected chi connectivity index (χ4v) is 3.94. The highest BCUT2D eigenvalue weighted by molar-refractivity contribution is 7.16. The molecular formula is C22H26N2O2S. The second kappa shape index (κ2) is 8.19. The van der Waals surface area contributed by atoms with Crippen LogP contribution in [0, 0.1) is 0 Å². The topological polar surface area (TPSA) is 43.6 Å². The quantitative estimate of drug-likeness (QED) is 0.596. The number of para-hydroxylation sites is 1. The molecule has 27 heavy (non-hydrogen) atoms. The van der Waals surface area contributed by atoms with E-state index in [9.17, 15) is 4.79 Å². The van der Waals surface area contributed by atoms with Crippen molar-refractivity contribution in [2.24, 2.45) is 4.99 Å². The molecule has 0 atom stereocenters. The molecule has 1 heterocycles. The molecule has 0 aliphatic heterocycles. The van der Waals surface area contributed by atoms with Crippen molar-refractivity contribution in [2.75, 3.05) is 13.2 Å². The second-order valence-electron chi connectivity index (χ2n) is 7.45. The van der Waals surface area contributed by atoms with E-state index in [4.69, 9.17) is 4.74 Å². The first-order valence-electron chi connectivity index (χ1n) is 9.26. The Morgan fingerprint density at radius 1 is 1.11 bits per heavy atom. The van der Waals surface area contributed by atoms with E-state index in [2.05, 4.69) is 42.5 Å². The zero-order chi connectivity index (χ0) is 19.4. The Hall–Kier alpha value is -2.24. The van der Waals surface area contributed by atoms with Crippen LogP contribution in [0.4, 0.5) is 0 Å². The van der Waals surface area contributed by atoms with E-state index in [1.54, 1.807) is 0 Å². The molecular weight excluding hydrogens is 356 g/mol. The largest absolute Gasteiger partial charge is 0.380 e. The smallest absolute Gasteiger partial charge is 0.279 e. The van der Waals surface area contributed by atoms with Crippen LogP contribution in [-0.4, -0.2) is 23.7 Å². The lowest BCUT2D eigenvalue weighted by molar-refractivity contribution is 0.0996. The van der Waals surface area contributed by atoms with Gasteiger partial charge >= 0.3 is 0 Å². The van der Waals surface area contributed by atoms with Crippen molar-refractivity contribution in [3.63, 3.8) is 0 Å². The number of rotatable bonds is 5. The second-order valence-corrected chi connectivity index (χ2v) is 8.45. The Labute approximate surface area is 164 Å². The minimum atomic E-state index is -0.216. The highest BCUT2D eigenvalue weighted by Crippen LogP contribution is 2.22. The van der Waals surface area contributed by atoms with Crippen LogP contribution in [-0.2, 0) is 16.7 Å². The molecule has 4 nitrogen and oxygen atoms in total. The average Bonchev–Trinajstić information content (AvgIpc) is 2.99. The summed E-state index contributed by atoms with van der Waals surface area (Å²) in [5.41, 5.74) is 2.95. The number of hydrogen-bond donors (Lipinski definition) is 0. The van der Waals surface area contributed by atoms with Gasteiger partial charge in [0.25, 0.3) is 5.91 Å². The van der Waals surface area contributed by atoms with E-state index in [-0.39, 0.29) is 11.3 Å². The number of aromatic nitrogens is 1. The van der Waals surface area contributed by atoms with Gasteiger partial charge < -0.3 is 9.30 Å². The Morgan fingerprint density at radius 3 is 2.48 bits per heavy atom. The van der Waals surface area contributed by atoms with Crippen LogP contribution in [0.2, 0.25) is 0 Å². The lowest BCUT2D eigenvalue weighted by Crippen LogP contribution is -2.19. The number of nitrogens with zero attached hydrogens (tertiary/aromatic N) is 2. The van der Waals surface area contributed by atoms with Crippen molar-refractivity contribution in [2.45, 2.75) is 39.7 Å². The number of fused-ring (bicyclic) bond motifs is 1. The van der Waals surface area contributed by atoms with E-state index < -0.39 is 0 Å². The van der Waals surface area contributed by atoms with Gasteiger partial charge in [0.2, 0.25) is 0 Å². The molecule has 1 aromatic heterocycles. The third-order valence-electron chi connectivity index (χ3n) is 4.45. The minimum absolute atomic E-state index is 0.0620. The number of benzene rings is 2. The van der Waals surface area contributed by atoms with E-state index >= 15 is 0 Å². The van der Waals surface area contributed by atoms with Crippen molar-refractivity contribution in [3.8, 4) is 0 Å². The molecule has 0 spiro atoms. The number of carbonyl (C=O) groups is 1. The predicted molar refractivity (Wildman–Crippen MR) is 111 cm³/mol. The molecule has 0 radical (unpaired) electrons. The number of carbonyl (C=O) groups excluding carboxylic acids is 1. The van der Waals surface area contributed by atoms with Crippen molar-refractivity contribution >= 4 is 27.5 Å². The molecule has 0 aliphatic carbocycles.